The van der Waals surface area contributed by atoms with Gasteiger partial charge in [0.15, 0.2) is 0 Å². The second kappa shape index (κ2) is 26.4. The number of aliphatic carboxylic acids is 7. The van der Waals surface area contributed by atoms with E-state index < -0.39 is 84.8 Å². The molecule has 0 bridgehead atoms. The van der Waals surface area contributed by atoms with Crippen LogP contribution in [-0.4, -0.2) is 225 Å². The fraction of sp³-hybridized carbons (Fsp3) is 0.533. The first-order valence-electron chi connectivity index (χ1n) is 7.76. The van der Waals surface area contributed by atoms with E-state index in [1.807, 2.05) is 0 Å². The Morgan fingerprint density at radius 1 is 0.556 bits per heavy atom. The number of hydrogen-bond donors (Lipinski definition) is 3. The molecule has 0 fully saturated rings. The molecule has 1 atom stereocenters. The molecule has 0 spiro atoms. The maximum atomic E-state index is 10.1. The van der Waals surface area contributed by atoms with E-state index in [2.05, 4.69) is 0 Å². The summed E-state index contributed by atoms with van der Waals surface area (Å²) in [5, 5.41) is 95.2. The van der Waals surface area contributed by atoms with E-state index in [-0.39, 0.29) is 151 Å². The largest absolute Gasteiger partial charge is 2.00 e. The topological polar surface area (TPSA) is 342 Å². The number of hydrogen-bond acceptors (Lipinski definition) is 17. The summed E-state index contributed by atoms with van der Waals surface area (Å²) in [6, 6.07) is 0. The molecular formula is C15H15Ca4O17+. The Morgan fingerprint density at radius 2 is 0.694 bits per heavy atom. The van der Waals surface area contributed by atoms with Crippen LogP contribution in [0.1, 0.15) is 32.6 Å². The molecule has 1 unspecified atom stereocenters. The zero-order chi connectivity index (χ0) is 26.4. The molecule has 17 nitrogen and oxygen atoms in total. The van der Waals surface area contributed by atoms with Gasteiger partial charge in [0.2, 0.25) is 0 Å². The fourth-order valence-corrected chi connectivity index (χ4v) is 1.37. The first-order valence-corrected chi connectivity index (χ1v) is 7.76. The van der Waals surface area contributed by atoms with Crippen LogP contribution in [0.25, 0.3) is 0 Å². The normalized spacial score (nSPS) is 10.1. The molecule has 0 aromatic carbocycles. The maximum absolute atomic E-state index is 10.1. The second-order valence-electron chi connectivity index (χ2n) is 5.83. The van der Waals surface area contributed by atoms with Crippen LogP contribution in [0.2, 0.25) is 0 Å². The molecule has 0 saturated carbocycles. The molecule has 0 aliphatic carbocycles. The molecule has 0 aromatic rings. The summed E-state index contributed by atoms with van der Waals surface area (Å²) in [7, 11) is 0. The summed E-state index contributed by atoms with van der Waals surface area (Å²) < 4.78 is 0. The van der Waals surface area contributed by atoms with Gasteiger partial charge in [0.05, 0.1) is 24.0 Å². The number of carbonyl (C=O) groups excluding carboxylic acids is 7. The molecule has 0 aliphatic heterocycles. The number of aliphatic hydroxyl groups excluding tert-OH is 1. The van der Waals surface area contributed by atoms with Crippen molar-refractivity contribution in [3.8, 4) is 0 Å². The van der Waals surface area contributed by atoms with Gasteiger partial charge in [0.1, 0.15) is 11.2 Å². The summed E-state index contributed by atoms with van der Waals surface area (Å²) >= 11 is 0. The standard InChI is InChI=1S/2C6H8O7.C3H6O3.4Ca/c2*7-3(8)1-6(13,5(11)12)2-4(9)10;1-2(4)3(5)6;;;;/h2*13H,1-2H2,(H,7,8)(H,9,10)(H,11,12);2,4H,1H3,(H,5,6);;;;/q;;;4*+2/p-7. The summed E-state index contributed by atoms with van der Waals surface area (Å²) in [6.07, 6.45) is -6.77. The first-order chi connectivity index (χ1) is 14.2. The van der Waals surface area contributed by atoms with Gasteiger partial charge in [-0.15, -0.1) is 0 Å². The third-order valence-electron chi connectivity index (χ3n) is 2.85. The van der Waals surface area contributed by atoms with Gasteiger partial charge in [-0.3, -0.25) is 0 Å². The first kappa shape index (κ1) is 53.5. The van der Waals surface area contributed by atoms with E-state index >= 15 is 0 Å². The number of rotatable bonds is 11. The van der Waals surface area contributed by atoms with Gasteiger partial charge < -0.3 is 84.6 Å². The molecule has 0 heterocycles. The average molecular weight is 628 g/mol. The van der Waals surface area contributed by atoms with Crippen LogP contribution in [-0.2, 0) is 33.6 Å². The minimum absolute atomic E-state index is 0. The van der Waals surface area contributed by atoms with Gasteiger partial charge >= 0.3 is 151 Å². The molecule has 0 radical (unpaired) electrons. The van der Waals surface area contributed by atoms with Crippen molar-refractivity contribution >= 4 is 193 Å². The van der Waals surface area contributed by atoms with Gasteiger partial charge in [-0.2, -0.15) is 0 Å². The minimum Gasteiger partial charge on any atom is -0.550 e. The van der Waals surface area contributed by atoms with E-state index in [1.54, 1.807) is 0 Å². The van der Waals surface area contributed by atoms with Gasteiger partial charge in [-0.05, 0) is 6.92 Å². The number of carbonyl (C=O) groups is 7. The van der Waals surface area contributed by atoms with Crippen molar-refractivity contribution in [3.05, 3.63) is 0 Å². The maximum Gasteiger partial charge on any atom is 2.00 e. The van der Waals surface area contributed by atoms with Crippen molar-refractivity contribution in [2.75, 3.05) is 0 Å². The second-order valence-corrected chi connectivity index (χ2v) is 5.83. The van der Waals surface area contributed by atoms with E-state index in [0.717, 1.165) is 6.92 Å². The van der Waals surface area contributed by atoms with E-state index in [0.29, 0.717) is 0 Å². The monoisotopic (exact) mass is 627 g/mol. The average Bonchev–Trinajstić information content (AvgIpc) is 2.52. The van der Waals surface area contributed by atoms with Crippen molar-refractivity contribution in [2.24, 2.45) is 0 Å². The summed E-state index contributed by atoms with van der Waals surface area (Å²) in [6.45, 7) is 1.13. The van der Waals surface area contributed by atoms with Crippen molar-refractivity contribution in [3.63, 3.8) is 0 Å². The number of carboxylic acids is 7. The molecule has 0 saturated heterocycles. The zero-order valence-electron chi connectivity index (χ0n) is 18.8. The van der Waals surface area contributed by atoms with Gasteiger partial charge in [0, 0.05) is 49.6 Å². The predicted molar refractivity (Wildman–Crippen MR) is 98.1 cm³/mol. The third-order valence-corrected chi connectivity index (χ3v) is 2.85. The Kier molecular flexibility index (Phi) is 39.3. The molecule has 184 valence electrons. The van der Waals surface area contributed by atoms with Crippen LogP contribution >= 0.6 is 0 Å². The Balaban J connectivity index is -0.0000000702. The molecule has 0 amide bonds. The van der Waals surface area contributed by atoms with Crippen LogP contribution in [0, 0.1) is 0 Å². The summed E-state index contributed by atoms with van der Waals surface area (Å²) in [5.74, 6) is -13.4. The van der Waals surface area contributed by atoms with Crippen LogP contribution in [0.4, 0.5) is 0 Å². The van der Waals surface area contributed by atoms with Crippen LogP contribution in [0.3, 0.4) is 0 Å². The minimum atomic E-state index is -2.97. The SMILES string of the molecule is CC(O)C(=O)[O-].O=C([O-])CC(O)(CC(=O)[O-])C(=O)[O-].O=C([O-])CC(O)(CC(=O)[O-])C(=O)[O-].[Ca+2].[Ca+2].[Ca+2].[Ca+2]. The fourth-order valence-electron chi connectivity index (χ4n) is 1.37. The van der Waals surface area contributed by atoms with Crippen molar-refractivity contribution < 1.29 is 84.6 Å². The molecule has 0 aliphatic rings. The van der Waals surface area contributed by atoms with Crippen molar-refractivity contribution in [1.82, 2.24) is 0 Å². The number of aliphatic hydroxyl groups is 3. The van der Waals surface area contributed by atoms with E-state index in [1.165, 1.54) is 0 Å². The van der Waals surface area contributed by atoms with Gasteiger partial charge in [-0.25, -0.2) is 0 Å². The van der Waals surface area contributed by atoms with E-state index in [9.17, 15) is 69.3 Å². The molecule has 0 rings (SSSR count). The quantitative estimate of drug-likeness (QED) is 0.179. The van der Waals surface area contributed by atoms with Gasteiger partial charge in [-0.1, -0.05) is 0 Å². The Hall–Kier alpha value is 1.21. The smallest absolute Gasteiger partial charge is 0.550 e. The Labute approximate surface area is 321 Å². The van der Waals surface area contributed by atoms with Crippen LogP contribution < -0.4 is 35.7 Å². The number of carboxylic acid groups (broad SMARTS) is 7. The van der Waals surface area contributed by atoms with Crippen molar-refractivity contribution in [2.45, 2.75) is 49.9 Å². The molecule has 0 aromatic heterocycles. The van der Waals surface area contributed by atoms with Crippen LogP contribution in [0.15, 0.2) is 0 Å². The van der Waals surface area contributed by atoms with Gasteiger partial charge in [0.25, 0.3) is 0 Å². The molecular weight excluding hydrogens is 612 g/mol. The summed E-state index contributed by atoms with van der Waals surface area (Å²) in [4.78, 5) is 69.3. The summed E-state index contributed by atoms with van der Waals surface area (Å²) in [5.41, 5.74) is -5.95. The van der Waals surface area contributed by atoms with E-state index in [4.69, 9.17) is 15.3 Å². The zero-order valence-corrected chi connectivity index (χ0v) is 27.6. The van der Waals surface area contributed by atoms with Crippen molar-refractivity contribution in [1.29, 1.82) is 0 Å². The Bertz CT molecular complexity index is 656. The molecule has 36 heavy (non-hydrogen) atoms. The third kappa shape index (κ3) is 29.8. The van der Waals surface area contributed by atoms with Crippen LogP contribution in [0.5, 0.6) is 0 Å². The predicted octanol–water partition coefficient (Wildman–Crippen LogP) is -13.9. The molecule has 3 N–H and O–H groups in total. The molecule has 21 heteroatoms. The Morgan fingerprint density at radius 3 is 0.750 bits per heavy atom.